The second kappa shape index (κ2) is 5.68. The zero-order chi connectivity index (χ0) is 17.6. The number of esters is 1. The lowest BCUT2D eigenvalue weighted by atomic mass is 9.84. The van der Waals surface area contributed by atoms with Gasteiger partial charge >= 0.3 is 5.97 Å². The fourth-order valence-electron chi connectivity index (χ4n) is 3.87. The van der Waals surface area contributed by atoms with Gasteiger partial charge in [0.25, 0.3) is 0 Å². The molecule has 3 heterocycles. The first-order chi connectivity index (χ1) is 12.0. The maximum absolute atomic E-state index is 12.4. The molecular formula is C18H18N2O5. The summed E-state index contributed by atoms with van der Waals surface area (Å²) in [5.41, 5.74) is 0.816. The maximum Gasteiger partial charge on any atom is 0.339 e. The van der Waals surface area contributed by atoms with E-state index in [-0.39, 0.29) is 43.1 Å². The molecule has 7 heteroatoms. The third-order valence-electron chi connectivity index (χ3n) is 5.30. The van der Waals surface area contributed by atoms with Crippen molar-refractivity contribution in [2.24, 2.45) is 0 Å². The molecule has 3 aliphatic rings. The van der Waals surface area contributed by atoms with Crippen molar-refractivity contribution in [3.63, 3.8) is 0 Å². The molecule has 0 aliphatic carbocycles. The van der Waals surface area contributed by atoms with Crippen molar-refractivity contribution in [1.29, 1.82) is 0 Å². The van der Waals surface area contributed by atoms with Gasteiger partial charge in [-0.3, -0.25) is 19.3 Å². The number of amides is 3. The van der Waals surface area contributed by atoms with Crippen LogP contribution in [0.3, 0.4) is 0 Å². The number of piperidine rings is 1. The average molecular weight is 342 g/mol. The summed E-state index contributed by atoms with van der Waals surface area (Å²) in [6.45, 7) is 0.661. The Morgan fingerprint density at radius 3 is 2.36 bits per heavy atom. The van der Waals surface area contributed by atoms with Crippen LogP contribution in [0.4, 0.5) is 0 Å². The van der Waals surface area contributed by atoms with Crippen molar-refractivity contribution >= 4 is 23.7 Å². The van der Waals surface area contributed by atoms with Crippen molar-refractivity contribution in [3.05, 3.63) is 35.4 Å². The number of likely N-dealkylation sites (tertiary alicyclic amines) is 2. The van der Waals surface area contributed by atoms with E-state index in [2.05, 4.69) is 0 Å². The molecule has 1 aromatic carbocycles. The van der Waals surface area contributed by atoms with Gasteiger partial charge in [0.15, 0.2) is 0 Å². The molecule has 0 radical (unpaired) electrons. The maximum atomic E-state index is 12.4. The van der Waals surface area contributed by atoms with E-state index in [4.69, 9.17) is 4.74 Å². The first-order valence-electron chi connectivity index (χ1n) is 8.44. The molecular weight excluding hydrogens is 324 g/mol. The second-order valence-corrected chi connectivity index (χ2v) is 6.68. The number of hydrogen-bond donors (Lipinski definition) is 0. The minimum absolute atomic E-state index is 0.183. The van der Waals surface area contributed by atoms with Gasteiger partial charge in [-0.05, 0) is 6.07 Å². The molecule has 0 unspecified atom stereocenters. The van der Waals surface area contributed by atoms with Gasteiger partial charge in [0.05, 0.1) is 5.56 Å². The second-order valence-electron chi connectivity index (χ2n) is 6.68. The van der Waals surface area contributed by atoms with Crippen molar-refractivity contribution in [2.75, 3.05) is 19.6 Å². The summed E-state index contributed by atoms with van der Waals surface area (Å²) >= 11 is 0. The molecule has 2 fully saturated rings. The standard InChI is InChI=1S/C18H18N2O5/c21-14-5-6-15(22)20(14)11-16(23)19-9-7-18(8-10-19)13-4-2-1-3-12(13)17(24)25-18/h1-4H,5-11H2. The van der Waals surface area contributed by atoms with Gasteiger partial charge in [0.2, 0.25) is 17.7 Å². The van der Waals surface area contributed by atoms with E-state index in [1.54, 1.807) is 11.0 Å². The predicted molar refractivity (Wildman–Crippen MR) is 85.3 cm³/mol. The first-order valence-corrected chi connectivity index (χ1v) is 8.44. The quantitative estimate of drug-likeness (QED) is 0.587. The Hall–Kier alpha value is -2.70. The van der Waals surface area contributed by atoms with E-state index >= 15 is 0 Å². The minimum Gasteiger partial charge on any atom is -0.450 e. The molecule has 25 heavy (non-hydrogen) atoms. The van der Waals surface area contributed by atoms with Gasteiger partial charge in [0.1, 0.15) is 12.1 Å². The molecule has 0 N–H and O–H groups in total. The molecule has 0 aromatic heterocycles. The van der Waals surface area contributed by atoms with Crippen LogP contribution < -0.4 is 0 Å². The molecule has 0 bridgehead atoms. The van der Waals surface area contributed by atoms with Crippen LogP contribution in [0.5, 0.6) is 0 Å². The lowest BCUT2D eigenvalue weighted by Crippen LogP contribution is -2.49. The zero-order valence-corrected chi connectivity index (χ0v) is 13.7. The number of ether oxygens (including phenoxy) is 1. The topological polar surface area (TPSA) is 84.0 Å². The molecule has 0 saturated carbocycles. The molecule has 1 aromatic rings. The van der Waals surface area contributed by atoms with Gasteiger partial charge in [-0.25, -0.2) is 4.79 Å². The Kier molecular flexibility index (Phi) is 3.59. The molecule has 0 atom stereocenters. The van der Waals surface area contributed by atoms with Crippen molar-refractivity contribution in [2.45, 2.75) is 31.3 Å². The average Bonchev–Trinajstić information content (AvgIpc) is 3.08. The predicted octanol–water partition coefficient (Wildman–Crippen LogP) is 0.824. The molecule has 1 spiro atoms. The van der Waals surface area contributed by atoms with Crippen LogP contribution in [-0.4, -0.2) is 53.1 Å². The highest BCUT2D eigenvalue weighted by Gasteiger charge is 2.47. The summed E-state index contributed by atoms with van der Waals surface area (Å²) in [6, 6.07) is 7.35. The smallest absolute Gasteiger partial charge is 0.339 e. The summed E-state index contributed by atoms with van der Waals surface area (Å²) in [7, 11) is 0. The Balaban J connectivity index is 1.44. The summed E-state index contributed by atoms with van der Waals surface area (Å²) < 4.78 is 5.66. The lowest BCUT2D eigenvalue weighted by Gasteiger charge is -2.38. The van der Waals surface area contributed by atoms with Crippen LogP contribution >= 0.6 is 0 Å². The number of benzene rings is 1. The summed E-state index contributed by atoms with van der Waals surface area (Å²) in [6.07, 6.45) is 1.40. The Labute approximate surface area is 144 Å². The van der Waals surface area contributed by atoms with E-state index in [1.807, 2.05) is 18.2 Å². The summed E-state index contributed by atoms with van der Waals surface area (Å²) in [4.78, 5) is 50.5. The van der Waals surface area contributed by atoms with Gasteiger partial charge in [-0.1, -0.05) is 18.2 Å². The number of carbonyl (C=O) groups is 4. The number of nitrogens with zero attached hydrogens (tertiary/aromatic N) is 2. The Bertz CT molecular complexity index is 763. The van der Waals surface area contributed by atoms with Crippen LogP contribution in [0.15, 0.2) is 24.3 Å². The van der Waals surface area contributed by atoms with Gasteiger partial charge in [-0.2, -0.15) is 0 Å². The van der Waals surface area contributed by atoms with Crippen LogP contribution in [0.2, 0.25) is 0 Å². The van der Waals surface area contributed by atoms with Gasteiger partial charge in [0, 0.05) is 44.3 Å². The van der Waals surface area contributed by atoms with Crippen molar-refractivity contribution < 1.29 is 23.9 Å². The number of rotatable bonds is 2. The molecule has 3 aliphatic heterocycles. The third-order valence-corrected chi connectivity index (χ3v) is 5.30. The molecule has 130 valence electrons. The van der Waals surface area contributed by atoms with E-state index in [0.29, 0.717) is 31.5 Å². The van der Waals surface area contributed by atoms with E-state index < -0.39 is 5.60 Å². The van der Waals surface area contributed by atoms with Crippen LogP contribution in [0.25, 0.3) is 0 Å². The van der Waals surface area contributed by atoms with Crippen molar-refractivity contribution in [3.8, 4) is 0 Å². The third kappa shape index (κ3) is 2.50. The normalized spacial score (nSPS) is 21.7. The fraction of sp³-hybridized carbons (Fsp3) is 0.444. The highest BCUT2D eigenvalue weighted by Crippen LogP contribution is 2.43. The Morgan fingerprint density at radius 1 is 1.04 bits per heavy atom. The van der Waals surface area contributed by atoms with E-state index in [1.165, 1.54) is 0 Å². The van der Waals surface area contributed by atoms with Gasteiger partial charge < -0.3 is 9.64 Å². The minimum atomic E-state index is -0.663. The van der Waals surface area contributed by atoms with Crippen molar-refractivity contribution in [1.82, 2.24) is 9.80 Å². The number of fused-ring (bicyclic) bond motifs is 2. The van der Waals surface area contributed by atoms with Crippen LogP contribution in [0, 0.1) is 0 Å². The van der Waals surface area contributed by atoms with Crippen LogP contribution in [-0.2, 0) is 24.7 Å². The largest absolute Gasteiger partial charge is 0.450 e. The first kappa shape index (κ1) is 15.8. The Morgan fingerprint density at radius 2 is 1.68 bits per heavy atom. The highest BCUT2D eigenvalue weighted by molar-refractivity contribution is 6.04. The van der Waals surface area contributed by atoms with E-state index in [0.717, 1.165) is 10.5 Å². The van der Waals surface area contributed by atoms with Gasteiger partial charge in [-0.15, -0.1) is 0 Å². The molecule has 7 nitrogen and oxygen atoms in total. The lowest BCUT2D eigenvalue weighted by molar-refractivity contribution is -0.147. The number of hydrogen-bond acceptors (Lipinski definition) is 5. The van der Waals surface area contributed by atoms with E-state index in [9.17, 15) is 19.2 Å². The summed E-state index contributed by atoms with van der Waals surface area (Å²) in [5.74, 6) is -1.13. The molecule has 4 rings (SSSR count). The van der Waals surface area contributed by atoms with Crippen LogP contribution in [0.1, 0.15) is 41.6 Å². The number of imide groups is 1. The summed E-state index contributed by atoms with van der Waals surface area (Å²) in [5, 5.41) is 0. The highest BCUT2D eigenvalue weighted by atomic mass is 16.6. The fourth-order valence-corrected chi connectivity index (χ4v) is 3.87. The number of carbonyl (C=O) groups excluding carboxylic acids is 4. The monoisotopic (exact) mass is 342 g/mol. The SMILES string of the molecule is O=C1OC2(CCN(C(=O)CN3C(=O)CCC3=O)CC2)c2ccccc21. The zero-order valence-electron chi connectivity index (χ0n) is 13.7. The molecule has 3 amide bonds. The molecule has 2 saturated heterocycles.